The molecule has 10 aromatic carbocycles. The summed E-state index contributed by atoms with van der Waals surface area (Å²) in [5.41, 5.74) is 18.5. The van der Waals surface area contributed by atoms with Crippen LogP contribution in [0.5, 0.6) is 0 Å². The van der Waals surface area contributed by atoms with Gasteiger partial charge in [0.2, 0.25) is 0 Å². The van der Waals surface area contributed by atoms with Crippen molar-refractivity contribution in [1.82, 2.24) is 0 Å². The Balaban J connectivity index is 0.872. The second kappa shape index (κ2) is 16.9. The first-order valence-electron chi connectivity index (χ1n) is 25.2. The van der Waals surface area contributed by atoms with E-state index < -0.39 is 0 Å². The molecule has 0 saturated heterocycles. The minimum absolute atomic E-state index is 0.0426. The fraction of sp³-hybridized carbons (Fsp3) is 0.118. The third-order valence-electron chi connectivity index (χ3n) is 14.6. The fourth-order valence-electron chi connectivity index (χ4n) is 10.6. The molecule has 0 bridgehead atoms. The van der Waals surface area contributed by atoms with Crippen LogP contribution in [-0.2, 0) is 10.8 Å². The molecular weight excluding hydrogens is 893 g/mol. The van der Waals surface area contributed by atoms with E-state index in [1.807, 2.05) is 0 Å². The molecule has 13 aromatic rings. The quantitative estimate of drug-likeness (QED) is 0.152. The smallest absolute Gasteiger partial charge is 0.137 e. The van der Waals surface area contributed by atoms with Crippen molar-refractivity contribution < 1.29 is 13.3 Å². The van der Waals surface area contributed by atoms with Gasteiger partial charge in [-0.25, -0.2) is 0 Å². The number of rotatable bonds is 8. The van der Waals surface area contributed by atoms with Crippen molar-refractivity contribution in [2.24, 2.45) is 0 Å². The van der Waals surface area contributed by atoms with Crippen LogP contribution in [0.4, 0.5) is 34.1 Å². The molecule has 0 atom stereocenters. The number of nitrogens with zero attached hydrogens (tertiary/aromatic N) is 2. The Morgan fingerprint density at radius 3 is 0.822 bits per heavy atom. The standard InChI is InChI=1S/C68H54N2O3/c1-67(2,3)47-21-29-51(30-22-47)69(49-25-17-45(18-26-49)43-13-9-7-10-14-43)53-33-35-55-57-39-65-59(41-63(57)71-61(55)37-53)60-42-64-58(40-66(60)73-65)56-36-34-54(38-62(56)72-64)70(52-31-23-48(24-32-52)68(4,5)6)50-27-19-46(20-28-50)44-15-11-8-12-16-44/h7-42H,1-6H3. The first-order chi connectivity index (χ1) is 35.4. The summed E-state index contributed by atoms with van der Waals surface area (Å²) in [6.07, 6.45) is 0. The van der Waals surface area contributed by atoms with Crippen LogP contribution >= 0.6 is 0 Å². The van der Waals surface area contributed by atoms with Crippen LogP contribution < -0.4 is 9.80 Å². The highest BCUT2D eigenvalue weighted by Crippen LogP contribution is 2.45. The molecule has 73 heavy (non-hydrogen) atoms. The number of anilines is 6. The molecule has 0 spiro atoms. The Morgan fingerprint density at radius 1 is 0.247 bits per heavy atom. The minimum atomic E-state index is 0.0426. The monoisotopic (exact) mass is 946 g/mol. The predicted molar refractivity (Wildman–Crippen MR) is 306 cm³/mol. The van der Waals surface area contributed by atoms with Crippen LogP contribution in [0, 0.1) is 0 Å². The summed E-state index contributed by atoms with van der Waals surface area (Å²) in [4.78, 5) is 4.61. The lowest BCUT2D eigenvalue weighted by atomic mass is 9.87. The largest absolute Gasteiger partial charge is 0.456 e. The molecular formula is C68H54N2O3. The lowest BCUT2D eigenvalue weighted by molar-refractivity contribution is 0.590. The SMILES string of the molecule is CC(C)(C)c1ccc(N(c2ccc(-c3ccccc3)cc2)c2ccc3c(c2)oc2cc4c(cc23)oc2cc3c(cc24)oc2cc(N(c4ccc(-c5ccccc5)cc4)c4ccc(C(C)(C)C)cc4)ccc23)cc1. The van der Waals surface area contributed by atoms with Gasteiger partial charge in [0.25, 0.3) is 0 Å². The van der Waals surface area contributed by atoms with Gasteiger partial charge in [0.1, 0.15) is 33.5 Å². The van der Waals surface area contributed by atoms with Gasteiger partial charge in [-0.15, -0.1) is 0 Å². The summed E-state index contributed by atoms with van der Waals surface area (Å²) in [5, 5.41) is 6.04. The van der Waals surface area contributed by atoms with E-state index in [0.717, 1.165) is 99.9 Å². The Bertz CT molecular complexity index is 3900. The molecule has 5 heteroatoms. The maximum atomic E-state index is 6.78. The molecule has 13 rings (SSSR count). The van der Waals surface area contributed by atoms with Gasteiger partial charge < -0.3 is 23.1 Å². The average Bonchev–Trinajstić information content (AvgIpc) is 4.07. The molecule has 0 aliphatic carbocycles. The molecule has 0 radical (unpaired) electrons. The lowest BCUT2D eigenvalue weighted by Crippen LogP contribution is -2.13. The summed E-state index contributed by atoms with van der Waals surface area (Å²) in [7, 11) is 0. The summed E-state index contributed by atoms with van der Waals surface area (Å²) in [6.45, 7) is 13.5. The highest BCUT2D eigenvalue weighted by Gasteiger charge is 2.22. The lowest BCUT2D eigenvalue weighted by Gasteiger charge is -2.27. The Hall–Kier alpha value is -8.80. The topological polar surface area (TPSA) is 45.9 Å². The summed E-state index contributed by atoms with van der Waals surface area (Å²) < 4.78 is 20.3. The number of furan rings is 3. The van der Waals surface area contributed by atoms with E-state index in [4.69, 9.17) is 13.3 Å². The summed E-state index contributed by atoms with van der Waals surface area (Å²) in [5.74, 6) is 0. The van der Waals surface area contributed by atoms with E-state index in [9.17, 15) is 0 Å². The molecule has 3 heterocycles. The van der Waals surface area contributed by atoms with Crippen LogP contribution in [0.3, 0.4) is 0 Å². The first-order valence-corrected chi connectivity index (χ1v) is 25.2. The molecule has 0 aliphatic heterocycles. The molecule has 0 saturated carbocycles. The molecule has 0 fully saturated rings. The van der Waals surface area contributed by atoms with Gasteiger partial charge in [-0.1, -0.05) is 151 Å². The normalized spacial score (nSPS) is 12.2. The van der Waals surface area contributed by atoms with Gasteiger partial charge in [0.15, 0.2) is 0 Å². The van der Waals surface area contributed by atoms with Crippen molar-refractivity contribution >= 4 is 99.9 Å². The van der Waals surface area contributed by atoms with E-state index in [1.165, 1.54) is 33.4 Å². The molecule has 0 amide bonds. The fourth-order valence-corrected chi connectivity index (χ4v) is 10.6. The van der Waals surface area contributed by atoms with E-state index in [0.29, 0.717) is 0 Å². The van der Waals surface area contributed by atoms with Crippen LogP contribution in [0.1, 0.15) is 52.7 Å². The predicted octanol–water partition coefficient (Wildman–Crippen LogP) is 20.3. The maximum absolute atomic E-state index is 6.78. The van der Waals surface area contributed by atoms with Crippen molar-refractivity contribution in [2.75, 3.05) is 9.80 Å². The van der Waals surface area contributed by atoms with Gasteiger partial charge in [-0.05, 0) is 141 Å². The number of benzene rings is 10. The third-order valence-corrected chi connectivity index (χ3v) is 14.6. The third kappa shape index (κ3) is 7.89. The Morgan fingerprint density at radius 2 is 0.507 bits per heavy atom. The first kappa shape index (κ1) is 44.2. The maximum Gasteiger partial charge on any atom is 0.137 e. The van der Waals surface area contributed by atoms with Crippen molar-refractivity contribution in [3.63, 3.8) is 0 Å². The van der Waals surface area contributed by atoms with Crippen molar-refractivity contribution in [1.29, 1.82) is 0 Å². The van der Waals surface area contributed by atoms with Crippen LogP contribution in [-0.4, -0.2) is 0 Å². The van der Waals surface area contributed by atoms with Gasteiger partial charge in [-0.2, -0.15) is 0 Å². The van der Waals surface area contributed by atoms with Gasteiger partial charge in [0.05, 0.1) is 0 Å². The Labute approximate surface area is 425 Å². The molecule has 0 unspecified atom stereocenters. The zero-order chi connectivity index (χ0) is 49.6. The number of fused-ring (bicyclic) bond motifs is 9. The highest BCUT2D eigenvalue weighted by molar-refractivity contribution is 6.19. The number of hydrogen-bond donors (Lipinski definition) is 0. The van der Waals surface area contributed by atoms with Gasteiger partial charge >= 0.3 is 0 Å². The van der Waals surface area contributed by atoms with E-state index in [2.05, 4.69) is 270 Å². The van der Waals surface area contributed by atoms with E-state index >= 15 is 0 Å². The van der Waals surface area contributed by atoms with Gasteiger partial charge in [0, 0.05) is 78.6 Å². The van der Waals surface area contributed by atoms with E-state index in [1.54, 1.807) is 0 Å². The summed E-state index contributed by atoms with van der Waals surface area (Å²) >= 11 is 0. The Kier molecular flexibility index (Phi) is 10.2. The minimum Gasteiger partial charge on any atom is -0.456 e. The van der Waals surface area contributed by atoms with Crippen LogP contribution in [0.2, 0.25) is 0 Å². The van der Waals surface area contributed by atoms with Crippen molar-refractivity contribution in [3.05, 3.63) is 230 Å². The van der Waals surface area contributed by atoms with E-state index in [-0.39, 0.29) is 10.8 Å². The molecule has 0 aliphatic rings. The molecule has 354 valence electrons. The van der Waals surface area contributed by atoms with Crippen LogP contribution in [0.15, 0.2) is 232 Å². The molecule has 5 nitrogen and oxygen atoms in total. The van der Waals surface area contributed by atoms with Gasteiger partial charge in [-0.3, -0.25) is 0 Å². The van der Waals surface area contributed by atoms with Crippen molar-refractivity contribution in [3.8, 4) is 22.3 Å². The summed E-state index contributed by atoms with van der Waals surface area (Å²) in [6, 6.07) is 78.0. The van der Waals surface area contributed by atoms with Crippen molar-refractivity contribution in [2.45, 2.75) is 52.4 Å². The number of hydrogen-bond acceptors (Lipinski definition) is 5. The highest BCUT2D eigenvalue weighted by atomic mass is 16.3. The van der Waals surface area contributed by atoms with Crippen LogP contribution in [0.25, 0.3) is 88.1 Å². The zero-order valence-corrected chi connectivity index (χ0v) is 41.9. The molecule has 3 aromatic heterocycles. The molecule has 0 N–H and O–H groups in total. The zero-order valence-electron chi connectivity index (χ0n) is 41.9. The second-order valence-corrected chi connectivity index (χ2v) is 21.4. The second-order valence-electron chi connectivity index (χ2n) is 21.4. The average molecular weight is 947 g/mol.